The minimum absolute atomic E-state index is 0.150. The summed E-state index contributed by atoms with van der Waals surface area (Å²) in [7, 11) is 0. The van der Waals surface area contributed by atoms with Crippen LogP contribution >= 0.6 is 11.3 Å². The van der Waals surface area contributed by atoms with Gasteiger partial charge < -0.3 is 14.8 Å². The molecule has 1 fully saturated rings. The third-order valence-corrected chi connectivity index (χ3v) is 9.31. The lowest BCUT2D eigenvalue weighted by atomic mass is 9.77. The average molecular weight is 603 g/mol. The Bertz CT molecular complexity index is 1630. The van der Waals surface area contributed by atoms with Crippen LogP contribution in [0.1, 0.15) is 67.3 Å². The molecule has 1 N–H and O–H groups in total. The van der Waals surface area contributed by atoms with Crippen molar-refractivity contribution in [2.45, 2.75) is 70.6 Å². The molecule has 224 valence electrons. The Labute approximate surface area is 253 Å². The van der Waals surface area contributed by atoms with Crippen molar-refractivity contribution in [3.8, 4) is 16.5 Å². The van der Waals surface area contributed by atoms with Crippen molar-refractivity contribution in [2.24, 2.45) is 5.92 Å². The topological polar surface area (TPSA) is 95.3 Å². The minimum Gasteiger partial charge on any atom is -0.486 e. The van der Waals surface area contributed by atoms with Gasteiger partial charge in [0.2, 0.25) is 5.75 Å². The Morgan fingerprint density at radius 2 is 1.88 bits per heavy atom. The molecule has 3 aliphatic rings. The number of unbranched alkanes of at least 4 members (excludes halogenated alkanes) is 1. The van der Waals surface area contributed by atoms with E-state index in [0.717, 1.165) is 41.7 Å². The summed E-state index contributed by atoms with van der Waals surface area (Å²) in [6.07, 6.45) is 6.58. The molecule has 2 bridgehead atoms. The van der Waals surface area contributed by atoms with Crippen molar-refractivity contribution in [1.82, 2.24) is 19.9 Å². The van der Waals surface area contributed by atoms with Crippen LogP contribution in [0.5, 0.6) is 5.75 Å². The number of benzene rings is 2. The molecule has 0 unspecified atom stereocenters. The van der Waals surface area contributed by atoms with Crippen molar-refractivity contribution in [3.63, 3.8) is 0 Å². The molecule has 0 atom stereocenters. The van der Waals surface area contributed by atoms with E-state index in [1.54, 1.807) is 22.9 Å². The summed E-state index contributed by atoms with van der Waals surface area (Å²) in [4.78, 5) is 38.0. The summed E-state index contributed by atoms with van der Waals surface area (Å²) in [5, 5.41) is 3.71. The highest BCUT2D eigenvalue weighted by atomic mass is 32.1. The van der Waals surface area contributed by atoms with Crippen LogP contribution in [-0.4, -0.2) is 27.2 Å². The van der Waals surface area contributed by atoms with Crippen LogP contribution in [0.15, 0.2) is 65.6 Å². The maximum Gasteiger partial charge on any atom is 0.408 e. The first kappa shape index (κ1) is 29.0. The molecule has 1 aliphatic carbocycles. The van der Waals surface area contributed by atoms with E-state index in [0.29, 0.717) is 54.9 Å². The van der Waals surface area contributed by atoms with Crippen LogP contribution < -0.4 is 15.6 Å². The molecule has 7 rings (SSSR count). The van der Waals surface area contributed by atoms with E-state index in [-0.39, 0.29) is 23.7 Å². The van der Waals surface area contributed by atoms with Gasteiger partial charge in [-0.15, -0.1) is 11.3 Å². The molecule has 1 amide bonds. The van der Waals surface area contributed by atoms with Gasteiger partial charge in [-0.05, 0) is 61.3 Å². The number of alkyl carbamates (subject to hydrolysis) is 1. The van der Waals surface area contributed by atoms with Gasteiger partial charge in [0.25, 0.3) is 5.56 Å². The molecular weight excluding hydrogens is 567 g/mol. The van der Waals surface area contributed by atoms with Gasteiger partial charge in [0, 0.05) is 24.0 Å². The summed E-state index contributed by atoms with van der Waals surface area (Å²) < 4.78 is 26.9. The number of aromatic nitrogens is 3. The number of nitrogens with zero attached hydrogens (tertiary/aromatic N) is 3. The summed E-state index contributed by atoms with van der Waals surface area (Å²) >= 11 is 1.43. The summed E-state index contributed by atoms with van der Waals surface area (Å²) in [6.45, 7) is 3.14. The van der Waals surface area contributed by atoms with Gasteiger partial charge in [-0.3, -0.25) is 9.36 Å². The van der Waals surface area contributed by atoms with E-state index in [2.05, 4.69) is 17.2 Å². The van der Waals surface area contributed by atoms with E-state index in [4.69, 9.17) is 14.5 Å². The number of ether oxygens (including phenoxy) is 2. The Kier molecular flexibility index (Phi) is 8.56. The highest BCUT2D eigenvalue weighted by molar-refractivity contribution is 7.15. The van der Waals surface area contributed by atoms with Crippen molar-refractivity contribution in [3.05, 3.63) is 98.8 Å². The van der Waals surface area contributed by atoms with Crippen LogP contribution in [0.4, 0.5) is 9.18 Å². The maximum absolute atomic E-state index is 14.1. The number of amides is 1. The molecule has 2 aromatic carbocycles. The molecule has 1 saturated carbocycles. The molecule has 4 heterocycles. The second kappa shape index (κ2) is 12.7. The number of thiazole rings is 1. The maximum atomic E-state index is 14.1. The number of halogens is 1. The number of hydrogen-bond acceptors (Lipinski definition) is 7. The Balaban J connectivity index is 1.36. The smallest absolute Gasteiger partial charge is 0.408 e. The van der Waals surface area contributed by atoms with Crippen LogP contribution in [0, 0.1) is 11.7 Å². The zero-order valence-corrected chi connectivity index (χ0v) is 25.0. The molecule has 4 aromatic rings. The van der Waals surface area contributed by atoms with E-state index in [1.165, 1.54) is 23.5 Å². The van der Waals surface area contributed by atoms with Gasteiger partial charge in [0.1, 0.15) is 34.5 Å². The number of nitrogens with one attached hydrogen (secondary N) is 1. The average Bonchev–Trinajstić information content (AvgIpc) is 3.36. The normalized spacial score (nSPS) is 19.0. The molecule has 43 heavy (non-hydrogen) atoms. The van der Waals surface area contributed by atoms with Crippen molar-refractivity contribution >= 4 is 17.4 Å². The predicted octanol–water partition coefficient (Wildman–Crippen LogP) is 6.60. The lowest BCUT2D eigenvalue weighted by molar-refractivity contribution is 0.112. The molecule has 0 spiro atoms. The fourth-order valence-electron chi connectivity index (χ4n) is 5.94. The van der Waals surface area contributed by atoms with E-state index >= 15 is 0 Å². The number of hydrogen-bond donors (Lipinski definition) is 1. The monoisotopic (exact) mass is 602 g/mol. The lowest BCUT2D eigenvalue weighted by Gasteiger charge is -2.36. The Hall–Kier alpha value is -4.05. The van der Waals surface area contributed by atoms with Gasteiger partial charge in [-0.25, -0.2) is 19.2 Å². The van der Waals surface area contributed by atoms with E-state index in [9.17, 15) is 14.0 Å². The molecule has 0 saturated heterocycles. The summed E-state index contributed by atoms with van der Waals surface area (Å²) in [5.74, 6) is 0.760. The zero-order chi connectivity index (χ0) is 29.8. The van der Waals surface area contributed by atoms with Crippen LogP contribution in [0.25, 0.3) is 10.7 Å². The van der Waals surface area contributed by atoms with E-state index < -0.39 is 11.6 Å². The number of fused-ring (bicyclic) bond motifs is 2. The molecule has 0 radical (unpaired) electrons. The molecular formula is C33H35FN4O4S. The van der Waals surface area contributed by atoms with Crippen molar-refractivity contribution < 1.29 is 18.7 Å². The van der Waals surface area contributed by atoms with Crippen molar-refractivity contribution in [1.29, 1.82) is 0 Å². The van der Waals surface area contributed by atoms with Gasteiger partial charge in [-0.2, -0.15) is 0 Å². The number of rotatable bonds is 10. The highest BCUT2D eigenvalue weighted by Crippen LogP contribution is 2.44. The Morgan fingerprint density at radius 3 is 2.63 bits per heavy atom. The minimum atomic E-state index is -0.842. The molecule has 2 aromatic heterocycles. The molecule has 2 aliphatic heterocycles. The first-order chi connectivity index (χ1) is 20.9. The fraction of sp³-hybridized carbons (Fsp3) is 0.394. The zero-order valence-electron chi connectivity index (χ0n) is 24.2. The number of carbonyl (C=O) groups is 1. The first-order valence-corrected chi connectivity index (χ1v) is 15.7. The van der Waals surface area contributed by atoms with Gasteiger partial charge >= 0.3 is 6.09 Å². The standard InChI is InChI=1S/C33H35FN4O4S/c1-2-3-17-41-28-27(29-35-19-26(43-29)18-22-9-11-25(34)12-10-22)36-31-33(15-13-23(14-16-33)20-38(31)30(28)39)37-32(40)42-21-24-7-5-4-6-8-24/h4-12,19,23H,2-3,13-18,20-21H2,1H3,(H,37,40). The Morgan fingerprint density at radius 1 is 1.12 bits per heavy atom. The lowest BCUT2D eigenvalue weighted by Crippen LogP contribution is -2.49. The van der Waals surface area contributed by atoms with Gasteiger partial charge in [0.15, 0.2) is 0 Å². The van der Waals surface area contributed by atoms with Crippen LogP contribution in [-0.2, 0) is 29.8 Å². The SMILES string of the molecule is CCCCOc1c(-c2ncc(Cc3ccc(F)cc3)s2)nc2n(c1=O)CC1CCC2(NC(=O)OCc2ccccc2)CC1. The summed E-state index contributed by atoms with van der Waals surface area (Å²) in [5.41, 5.74) is 1.16. The van der Waals surface area contributed by atoms with Gasteiger partial charge in [-0.1, -0.05) is 55.8 Å². The third kappa shape index (κ3) is 6.34. The fourth-order valence-corrected chi connectivity index (χ4v) is 6.87. The largest absolute Gasteiger partial charge is 0.486 e. The predicted molar refractivity (Wildman–Crippen MR) is 163 cm³/mol. The van der Waals surface area contributed by atoms with Crippen LogP contribution in [0.2, 0.25) is 0 Å². The van der Waals surface area contributed by atoms with Gasteiger partial charge in [0.05, 0.1) is 6.61 Å². The summed E-state index contributed by atoms with van der Waals surface area (Å²) in [6, 6.07) is 15.9. The van der Waals surface area contributed by atoms with E-state index in [1.807, 2.05) is 30.3 Å². The second-order valence-electron chi connectivity index (χ2n) is 11.4. The third-order valence-electron chi connectivity index (χ3n) is 8.30. The quantitative estimate of drug-likeness (QED) is 0.206. The number of carbonyl (C=O) groups excluding carboxylic acids is 1. The van der Waals surface area contributed by atoms with Crippen molar-refractivity contribution in [2.75, 3.05) is 6.61 Å². The highest BCUT2D eigenvalue weighted by Gasteiger charge is 2.46. The van der Waals surface area contributed by atoms with Crippen LogP contribution in [0.3, 0.4) is 0 Å². The molecule has 10 heteroatoms. The second-order valence-corrected chi connectivity index (χ2v) is 12.5. The molecule has 8 nitrogen and oxygen atoms in total. The first-order valence-electron chi connectivity index (χ1n) is 14.9.